The SMILES string of the molecule is Cc1ccccc1C(=O)OCc1cc(-c2ccc(F)cc2F)on1. The average molecular weight is 329 g/mol. The number of esters is 1. The third-order valence-corrected chi connectivity index (χ3v) is 3.47. The monoisotopic (exact) mass is 329 g/mol. The Labute approximate surface area is 136 Å². The number of carbonyl (C=O) groups excluding carboxylic acids is 1. The predicted molar refractivity (Wildman–Crippen MR) is 82.2 cm³/mol. The van der Waals surface area contributed by atoms with Crippen molar-refractivity contribution < 1.29 is 22.8 Å². The summed E-state index contributed by atoms with van der Waals surface area (Å²) in [5.74, 6) is -1.78. The predicted octanol–water partition coefficient (Wildman–Crippen LogP) is 4.29. The molecule has 0 unspecified atom stereocenters. The number of aromatic nitrogens is 1. The van der Waals surface area contributed by atoms with Crippen LogP contribution in [-0.2, 0) is 11.3 Å². The summed E-state index contributed by atoms with van der Waals surface area (Å²) >= 11 is 0. The second-order valence-electron chi connectivity index (χ2n) is 5.20. The molecule has 3 rings (SSSR count). The number of halogens is 2. The molecule has 0 aliphatic carbocycles. The van der Waals surface area contributed by atoms with E-state index in [-0.39, 0.29) is 17.9 Å². The van der Waals surface area contributed by atoms with Crippen LogP contribution in [0.1, 0.15) is 21.6 Å². The number of rotatable bonds is 4. The standard InChI is InChI=1S/C18H13F2NO3/c1-11-4-2-3-5-14(11)18(22)23-10-13-9-17(24-21-13)15-7-6-12(19)8-16(15)20/h2-9H,10H2,1H3. The van der Waals surface area contributed by atoms with Crippen LogP contribution in [0.2, 0.25) is 0 Å². The number of carbonyl (C=O) groups is 1. The van der Waals surface area contributed by atoms with E-state index in [9.17, 15) is 13.6 Å². The lowest BCUT2D eigenvalue weighted by molar-refractivity contribution is 0.0463. The van der Waals surface area contributed by atoms with E-state index in [0.29, 0.717) is 11.3 Å². The number of nitrogens with zero attached hydrogens (tertiary/aromatic N) is 1. The number of hydrogen-bond donors (Lipinski definition) is 0. The van der Waals surface area contributed by atoms with E-state index in [1.807, 2.05) is 19.1 Å². The molecule has 0 N–H and O–H groups in total. The highest BCUT2D eigenvalue weighted by molar-refractivity contribution is 5.90. The first-order chi connectivity index (χ1) is 11.5. The van der Waals surface area contributed by atoms with Crippen molar-refractivity contribution in [1.82, 2.24) is 5.16 Å². The fraction of sp³-hybridized carbons (Fsp3) is 0.111. The van der Waals surface area contributed by atoms with Crippen LogP contribution in [0.5, 0.6) is 0 Å². The zero-order chi connectivity index (χ0) is 17.1. The topological polar surface area (TPSA) is 52.3 Å². The Morgan fingerprint density at radius 1 is 1.17 bits per heavy atom. The quantitative estimate of drug-likeness (QED) is 0.670. The van der Waals surface area contributed by atoms with Gasteiger partial charge in [-0.15, -0.1) is 0 Å². The highest BCUT2D eigenvalue weighted by Crippen LogP contribution is 2.24. The Morgan fingerprint density at radius 3 is 2.71 bits per heavy atom. The first kappa shape index (κ1) is 15.9. The molecule has 122 valence electrons. The highest BCUT2D eigenvalue weighted by atomic mass is 19.1. The van der Waals surface area contributed by atoms with Gasteiger partial charge in [0.15, 0.2) is 5.76 Å². The minimum absolute atomic E-state index is 0.0837. The van der Waals surface area contributed by atoms with Crippen LogP contribution in [0.25, 0.3) is 11.3 Å². The van der Waals surface area contributed by atoms with Gasteiger partial charge < -0.3 is 9.26 Å². The van der Waals surface area contributed by atoms with Gasteiger partial charge in [-0.1, -0.05) is 23.4 Å². The molecular formula is C18H13F2NO3. The molecule has 2 aromatic carbocycles. The minimum Gasteiger partial charge on any atom is -0.455 e. The number of aryl methyl sites for hydroxylation is 1. The summed E-state index contributed by atoms with van der Waals surface area (Å²) in [5.41, 5.74) is 1.68. The summed E-state index contributed by atoms with van der Waals surface area (Å²) < 4.78 is 36.8. The molecule has 0 fully saturated rings. The van der Waals surface area contributed by atoms with E-state index in [1.54, 1.807) is 12.1 Å². The van der Waals surface area contributed by atoms with E-state index in [2.05, 4.69) is 5.16 Å². The van der Waals surface area contributed by atoms with Crippen LogP contribution in [0.4, 0.5) is 8.78 Å². The van der Waals surface area contributed by atoms with Crippen molar-refractivity contribution in [2.75, 3.05) is 0 Å². The summed E-state index contributed by atoms with van der Waals surface area (Å²) in [6, 6.07) is 11.6. The zero-order valence-corrected chi connectivity index (χ0v) is 12.8. The van der Waals surface area contributed by atoms with Crippen molar-refractivity contribution >= 4 is 5.97 Å². The van der Waals surface area contributed by atoms with Crippen LogP contribution < -0.4 is 0 Å². The average Bonchev–Trinajstić information content (AvgIpc) is 3.01. The summed E-state index contributed by atoms with van der Waals surface area (Å²) in [7, 11) is 0. The second-order valence-corrected chi connectivity index (χ2v) is 5.20. The maximum atomic E-state index is 13.7. The van der Waals surface area contributed by atoms with Crippen LogP contribution >= 0.6 is 0 Å². The van der Waals surface area contributed by atoms with Crippen molar-refractivity contribution in [3.8, 4) is 11.3 Å². The van der Waals surface area contributed by atoms with Crippen molar-refractivity contribution in [1.29, 1.82) is 0 Å². The Balaban J connectivity index is 1.70. The second kappa shape index (κ2) is 6.62. The fourth-order valence-corrected chi connectivity index (χ4v) is 2.22. The molecule has 0 aliphatic heterocycles. The number of ether oxygens (including phenoxy) is 1. The van der Waals surface area contributed by atoms with Crippen molar-refractivity contribution in [3.05, 3.63) is 77.0 Å². The molecule has 1 heterocycles. The maximum absolute atomic E-state index is 13.7. The van der Waals surface area contributed by atoms with Crippen LogP contribution in [0.3, 0.4) is 0 Å². The lowest BCUT2D eigenvalue weighted by Gasteiger charge is -2.04. The molecule has 0 bridgehead atoms. The Hall–Kier alpha value is -3.02. The molecule has 0 saturated heterocycles. The van der Waals surface area contributed by atoms with Gasteiger partial charge in [0.2, 0.25) is 0 Å². The molecule has 0 atom stereocenters. The molecule has 0 aliphatic rings. The van der Waals surface area contributed by atoms with Gasteiger partial charge in [-0.05, 0) is 30.7 Å². The lowest BCUT2D eigenvalue weighted by Crippen LogP contribution is -2.07. The minimum atomic E-state index is -0.755. The van der Waals surface area contributed by atoms with Crippen LogP contribution in [-0.4, -0.2) is 11.1 Å². The van der Waals surface area contributed by atoms with E-state index >= 15 is 0 Å². The maximum Gasteiger partial charge on any atom is 0.338 e. The largest absolute Gasteiger partial charge is 0.455 e. The van der Waals surface area contributed by atoms with Crippen molar-refractivity contribution in [3.63, 3.8) is 0 Å². The number of hydrogen-bond acceptors (Lipinski definition) is 4. The van der Waals surface area contributed by atoms with E-state index in [0.717, 1.165) is 17.7 Å². The zero-order valence-electron chi connectivity index (χ0n) is 12.8. The highest BCUT2D eigenvalue weighted by Gasteiger charge is 2.14. The first-order valence-corrected chi connectivity index (χ1v) is 7.18. The summed E-state index contributed by atoms with van der Waals surface area (Å²) in [6.07, 6.45) is 0. The Morgan fingerprint density at radius 2 is 1.96 bits per heavy atom. The normalized spacial score (nSPS) is 10.6. The molecule has 0 amide bonds. The molecule has 0 saturated carbocycles. The van der Waals surface area contributed by atoms with Gasteiger partial charge in [0.1, 0.15) is 23.9 Å². The smallest absolute Gasteiger partial charge is 0.338 e. The lowest BCUT2D eigenvalue weighted by atomic mass is 10.1. The summed E-state index contributed by atoms with van der Waals surface area (Å²) in [6.45, 7) is 1.70. The molecule has 0 spiro atoms. The van der Waals surface area contributed by atoms with Crippen LogP contribution in [0, 0.1) is 18.6 Å². The number of benzene rings is 2. The van der Waals surface area contributed by atoms with E-state index in [1.165, 1.54) is 12.1 Å². The molecule has 24 heavy (non-hydrogen) atoms. The molecule has 1 aromatic heterocycles. The summed E-state index contributed by atoms with van der Waals surface area (Å²) in [4.78, 5) is 12.0. The van der Waals surface area contributed by atoms with Gasteiger partial charge in [0.05, 0.1) is 11.1 Å². The van der Waals surface area contributed by atoms with Gasteiger partial charge >= 0.3 is 5.97 Å². The van der Waals surface area contributed by atoms with Gasteiger partial charge in [-0.3, -0.25) is 0 Å². The molecule has 6 heteroatoms. The van der Waals surface area contributed by atoms with Crippen molar-refractivity contribution in [2.24, 2.45) is 0 Å². The van der Waals surface area contributed by atoms with Gasteiger partial charge in [-0.25, -0.2) is 13.6 Å². The fourth-order valence-electron chi connectivity index (χ4n) is 2.22. The van der Waals surface area contributed by atoms with Gasteiger partial charge in [0.25, 0.3) is 0 Å². The Bertz CT molecular complexity index is 889. The third-order valence-electron chi connectivity index (χ3n) is 3.47. The van der Waals surface area contributed by atoms with E-state index in [4.69, 9.17) is 9.26 Å². The Kier molecular flexibility index (Phi) is 4.37. The third kappa shape index (κ3) is 3.32. The molecule has 0 radical (unpaired) electrons. The van der Waals surface area contributed by atoms with Crippen molar-refractivity contribution in [2.45, 2.75) is 13.5 Å². The van der Waals surface area contributed by atoms with Gasteiger partial charge in [0, 0.05) is 12.1 Å². The molecular weight excluding hydrogens is 316 g/mol. The van der Waals surface area contributed by atoms with Crippen LogP contribution in [0.15, 0.2) is 53.1 Å². The molecule has 4 nitrogen and oxygen atoms in total. The first-order valence-electron chi connectivity index (χ1n) is 7.18. The van der Waals surface area contributed by atoms with E-state index < -0.39 is 17.6 Å². The summed E-state index contributed by atoms with van der Waals surface area (Å²) in [5, 5.41) is 3.73. The van der Waals surface area contributed by atoms with Gasteiger partial charge in [-0.2, -0.15) is 0 Å². The molecule has 3 aromatic rings.